The van der Waals surface area contributed by atoms with Crippen molar-refractivity contribution in [2.45, 2.75) is 12.5 Å². The van der Waals surface area contributed by atoms with Crippen LogP contribution in [0.25, 0.3) is 11.1 Å². The van der Waals surface area contributed by atoms with E-state index in [4.69, 9.17) is 14.5 Å². The lowest BCUT2D eigenvalue weighted by Crippen LogP contribution is -2.31. The number of fused-ring (bicyclic) bond motifs is 3. The summed E-state index contributed by atoms with van der Waals surface area (Å²) in [5.41, 5.74) is 4.23. The second-order valence-electron chi connectivity index (χ2n) is 5.62. The number of ether oxygens (including phenoxy) is 1. The van der Waals surface area contributed by atoms with Crippen LogP contribution in [-0.4, -0.2) is 28.3 Å². The summed E-state index contributed by atoms with van der Waals surface area (Å²) in [4.78, 5) is 29.7. The number of benzene rings is 2. The molecule has 0 spiro atoms. The Morgan fingerprint density at radius 3 is 2.64 bits per heavy atom. The molecule has 0 heterocycles. The van der Waals surface area contributed by atoms with Gasteiger partial charge in [0.05, 0.1) is 0 Å². The van der Waals surface area contributed by atoms with E-state index in [2.05, 4.69) is 11.1 Å². The Morgan fingerprint density at radius 1 is 1.20 bits per heavy atom. The normalized spacial score (nSPS) is 13.7. The zero-order chi connectivity index (χ0) is 18.0. The first kappa shape index (κ1) is 17.6. The van der Waals surface area contributed by atoms with Gasteiger partial charge in [0.15, 0.2) is 11.9 Å². The number of hydrogen-bond donors (Lipinski definition) is 2. The minimum absolute atomic E-state index is 0.489. The van der Waals surface area contributed by atoms with E-state index in [9.17, 15) is 9.36 Å². The quantitative estimate of drug-likeness (QED) is 0.497. The minimum Gasteiger partial charge on any atom is -0.480 e. The first-order valence-electron chi connectivity index (χ1n) is 7.62. The summed E-state index contributed by atoms with van der Waals surface area (Å²) < 4.78 is 21.1. The fourth-order valence-corrected chi connectivity index (χ4v) is 3.19. The van der Waals surface area contributed by atoms with Crippen LogP contribution in [-0.2, 0) is 20.3 Å². The van der Waals surface area contributed by atoms with E-state index in [1.165, 1.54) is 0 Å². The molecular weight excluding hydrogens is 343 g/mol. The predicted molar refractivity (Wildman–Crippen MR) is 92.3 cm³/mol. The van der Waals surface area contributed by atoms with Crippen molar-refractivity contribution in [3.63, 3.8) is 0 Å². The SMILES string of the molecule is C=CC(=O)C(COP(=O)(O)O)Oc1cccc2c1Cc1ccccc1-2. The Hall–Kier alpha value is -2.24. The van der Waals surface area contributed by atoms with Crippen LogP contribution >= 0.6 is 7.82 Å². The average molecular weight is 360 g/mol. The van der Waals surface area contributed by atoms with Gasteiger partial charge in [-0.3, -0.25) is 9.32 Å². The number of phosphoric ester groups is 1. The first-order valence-corrected chi connectivity index (χ1v) is 9.15. The monoisotopic (exact) mass is 360 g/mol. The molecule has 1 unspecified atom stereocenters. The van der Waals surface area contributed by atoms with Crippen molar-refractivity contribution in [2.75, 3.05) is 6.61 Å². The number of rotatable bonds is 7. The van der Waals surface area contributed by atoms with Gasteiger partial charge < -0.3 is 14.5 Å². The first-order chi connectivity index (χ1) is 11.9. The summed E-state index contributed by atoms with van der Waals surface area (Å²) >= 11 is 0. The van der Waals surface area contributed by atoms with Gasteiger partial charge in [0.2, 0.25) is 0 Å². The van der Waals surface area contributed by atoms with Crippen LogP contribution in [0.4, 0.5) is 0 Å². The molecule has 2 aromatic carbocycles. The molecule has 0 saturated heterocycles. The number of phosphoric acid groups is 1. The fourth-order valence-electron chi connectivity index (χ4n) is 2.86. The third-order valence-electron chi connectivity index (χ3n) is 3.99. The van der Waals surface area contributed by atoms with Crippen molar-refractivity contribution in [1.29, 1.82) is 0 Å². The molecule has 25 heavy (non-hydrogen) atoms. The molecule has 0 fully saturated rings. The van der Waals surface area contributed by atoms with Crippen LogP contribution in [0.3, 0.4) is 0 Å². The third kappa shape index (κ3) is 3.89. The van der Waals surface area contributed by atoms with E-state index < -0.39 is 26.3 Å². The maximum atomic E-state index is 12.0. The van der Waals surface area contributed by atoms with Gasteiger partial charge in [0, 0.05) is 12.0 Å². The van der Waals surface area contributed by atoms with E-state index >= 15 is 0 Å². The van der Waals surface area contributed by atoms with Crippen molar-refractivity contribution in [1.82, 2.24) is 0 Å². The van der Waals surface area contributed by atoms with Crippen LogP contribution in [0.5, 0.6) is 5.75 Å². The summed E-state index contributed by atoms with van der Waals surface area (Å²) in [5.74, 6) is -0.0234. The highest BCUT2D eigenvalue weighted by Crippen LogP contribution is 2.41. The van der Waals surface area contributed by atoms with Crippen molar-refractivity contribution in [3.05, 3.63) is 66.2 Å². The van der Waals surface area contributed by atoms with Gasteiger partial charge >= 0.3 is 7.82 Å². The lowest BCUT2D eigenvalue weighted by atomic mass is 10.1. The Bertz CT molecular complexity index is 870. The summed E-state index contributed by atoms with van der Waals surface area (Å²) in [7, 11) is -4.70. The molecule has 7 heteroatoms. The Balaban J connectivity index is 1.88. The van der Waals surface area contributed by atoms with Crippen LogP contribution < -0.4 is 4.74 Å². The lowest BCUT2D eigenvalue weighted by Gasteiger charge is -2.19. The molecule has 0 radical (unpaired) electrons. The summed E-state index contributed by atoms with van der Waals surface area (Å²) in [6.07, 6.45) is 0.530. The van der Waals surface area contributed by atoms with E-state index in [1.54, 1.807) is 6.07 Å². The van der Waals surface area contributed by atoms with Crippen molar-refractivity contribution in [3.8, 4) is 16.9 Å². The summed E-state index contributed by atoms with van der Waals surface area (Å²) in [5, 5.41) is 0. The lowest BCUT2D eigenvalue weighted by molar-refractivity contribution is -0.122. The van der Waals surface area contributed by atoms with Crippen LogP contribution in [0.2, 0.25) is 0 Å². The molecule has 2 N–H and O–H groups in total. The van der Waals surface area contributed by atoms with Crippen LogP contribution in [0.1, 0.15) is 11.1 Å². The van der Waals surface area contributed by atoms with E-state index in [0.29, 0.717) is 12.2 Å². The molecule has 1 atom stereocenters. The van der Waals surface area contributed by atoms with Gasteiger partial charge in [0.25, 0.3) is 0 Å². The molecule has 2 aromatic rings. The molecule has 6 nitrogen and oxygen atoms in total. The number of ketones is 1. The predicted octanol–water partition coefficient (Wildman–Crippen LogP) is 2.87. The van der Waals surface area contributed by atoms with E-state index in [1.807, 2.05) is 36.4 Å². The molecule has 0 amide bonds. The van der Waals surface area contributed by atoms with E-state index in [-0.39, 0.29) is 0 Å². The highest BCUT2D eigenvalue weighted by Gasteiger charge is 2.27. The zero-order valence-corrected chi connectivity index (χ0v) is 14.2. The highest BCUT2D eigenvalue weighted by atomic mass is 31.2. The summed E-state index contributed by atoms with van der Waals surface area (Å²) in [6, 6.07) is 13.5. The van der Waals surface area contributed by atoms with E-state index in [0.717, 1.165) is 28.3 Å². The smallest absolute Gasteiger partial charge is 0.469 e. The second kappa shape index (κ2) is 6.94. The van der Waals surface area contributed by atoms with Crippen LogP contribution in [0, 0.1) is 0 Å². The molecular formula is C18H17O6P. The van der Waals surface area contributed by atoms with Crippen LogP contribution in [0.15, 0.2) is 55.1 Å². The maximum Gasteiger partial charge on any atom is 0.469 e. The van der Waals surface area contributed by atoms with Gasteiger partial charge in [-0.2, -0.15) is 0 Å². The second-order valence-corrected chi connectivity index (χ2v) is 6.85. The standard InChI is InChI=1S/C18H17O6P/c1-2-16(19)18(11-23-25(20,21)22)24-17-9-5-8-14-13-7-4-3-6-12(13)10-15(14)17/h2-9,18H,1,10-11H2,(H2,20,21,22). The molecule has 0 aliphatic heterocycles. The Morgan fingerprint density at radius 2 is 1.92 bits per heavy atom. The third-order valence-corrected chi connectivity index (χ3v) is 4.48. The topological polar surface area (TPSA) is 93.1 Å². The maximum absolute atomic E-state index is 12.0. The molecule has 0 aromatic heterocycles. The minimum atomic E-state index is -4.70. The number of carbonyl (C=O) groups is 1. The fraction of sp³-hybridized carbons (Fsp3) is 0.167. The van der Waals surface area contributed by atoms with Crippen molar-refractivity contribution >= 4 is 13.6 Å². The Labute approximate surface area is 145 Å². The van der Waals surface area contributed by atoms with Gasteiger partial charge in [-0.05, 0) is 28.8 Å². The van der Waals surface area contributed by atoms with Gasteiger partial charge in [-0.15, -0.1) is 0 Å². The number of hydrogen-bond acceptors (Lipinski definition) is 4. The number of carbonyl (C=O) groups excluding carboxylic acids is 1. The molecule has 3 rings (SSSR count). The van der Waals surface area contributed by atoms with Gasteiger partial charge in [0.1, 0.15) is 12.4 Å². The molecule has 0 saturated carbocycles. The average Bonchev–Trinajstić information content (AvgIpc) is 2.96. The molecule has 1 aliphatic carbocycles. The largest absolute Gasteiger partial charge is 0.480 e. The van der Waals surface area contributed by atoms with Gasteiger partial charge in [-0.25, -0.2) is 4.57 Å². The van der Waals surface area contributed by atoms with Gasteiger partial charge in [-0.1, -0.05) is 43.0 Å². The van der Waals surface area contributed by atoms with Crippen molar-refractivity contribution < 1.29 is 28.4 Å². The van der Waals surface area contributed by atoms with Crippen molar-refractivity contribution in [2.24, 2.45) is 0 Å². The molecule has 130 valence electrons. The molecule has 1 aliphatic rings. The molecule has 0 bridgehead atoms. The zero-order valence-electron chi connectivity index (χ0n) is 13.3. The summed E-state index contributed by atoms with van der Waals surface area (Å²) in [6.45, 7) is 2.83. The highest BCUT2D eigenvalue weighted by molar-refractivity contribution is 7.46. The Kier molecular flexibility index (Phi) is 4.88.